The highest BCUT2D eigenvalue weighted by molar-refractivity contribution is 7.13. The molecular weight excluding hydrogens is 334 g/mol. The van der Waals surface area contributed by atoms with Crippen molar-refractivity contribution >= 4 is 17.3 Å². The lowest BCUT2D eigenvalue weighted by Gasteiger charge is -2.23. The van der Waals surface area contributed by atoms with Crippen molar-refractivity contribution in [2.75, 3.05) is 6.61 Å². The molecule has 2 heterocycles. The molecule has 4 rings (SSSR count). The summed E-state index contributed by atoms with van der Waals surface area (Å²) in [6.07, 6.45) is 0.654. The molecule has 0 fully saturated rings. The molecule has 5 heteroatoms. The van der Waals surface area contributed by atoms with Gasteiger partial charge in [-0.05, 0) is 18.1 Å². The predicted molar refractivity (Wildman–Crippen MR) is 96.5 cm³/mol. The number of aromatic nitrogens is 1. The van der Waals surface area contributed by atoms with Crippen molar-refractivity contribution in [3.8, 4) is 16.3 Å². The van der Waals surface area contributed by atoms with Crippen LogP contribution in [0.1, 0.15) is 11.3 Å². The van der Waals surface area contributed by atoms with Gasteiger partial charge in [-0.2, -0.15) is 0 Å². The zero-order valence-corrected chi connectivity index (χ0v) is 14.4. The molecule has 0 radical (unpaired) electrons. The quantitative estimate of drug-likeness (QED) is 0.664. The molecule has 1 aromatic heterocycles. The monoisotopic (exact) mass is 351 g/mol. The lowest BCUT2D eigenvalue weighted by atomic mass is 9.97. The fraction of sp³-hybridized carbons (Fsp3) is 0.200. The van der Waals surface area contributed by atoms with Crippen LogP contribution in [-0.2, 0) is 22.6 Å². The van der Waals surface area contributed by atoms with Crippen LogP contribution in [0.5, 0.6) is 5.75 Å². The Morgan fingerprint density at radius 3 is 2.84 bits per heavy atom. The Morgan fingerprint density at radius 1 is 1.16 bits per heavy atom. The van der Waals surface area contributed by atoms with Crippen molar-refractivity contribution in [2.24, 2.45) is 5.92 Å². The van der Waals surface area contributed by atoms with Gasteiger partial charge in [0.15, 0.2) is 0 Å². The topological polar surface area (TPSA) is 48.4 Å². The summed E-state index contributed by atoms with van der Waals surface area (Å²) < 4.78 is 11.1. The molecule has 25 heavy (non-hydrogen) atoms. The van der Waals surface area contributed by atoms with E-state index >= 15 is 0 Å². The molecule has 4 nitrogen and oxygen atoms in total. The van der Waals surface area contributed by atoms with Crippen LogP contribution in [0.2, 0.25) is 0 Å². The summed E-state index contributed by atoms with van der Waals surface area (Å²) in [4.78, 5) is 16.9. The van der Waals surface area contributed by atoms with Crippen LogP contribution >= 0.6 is 11.3 Å². The van der Waals surface area contributed by atoms with E-state index in [-0.39, 0.29) is 18.5 Å². The first kappa shape index (κ1) is 15.8. The molecule has 1 aliphatic rings. The third-order valence-electron chi connectivity index (χ3n) is 4.15. The van der Waals surface area contributed by atoms with Gasteiger partial charge < -0.3 is 9.47 Å². The van der Waals surface area contributed by atoms with E-state index in [0.29, 0.717) is 13.0 Å². The van der Waals surface area contributed by atoms with E-state index in [4.69, 9.17) is 9.47 Å². The second-order valence-corrected chi connectivity index (χ2v) is 6.80. The Kier molecular flexibility index (Phi) is 4.48. The number of benzene rings is 2. The summed E-state index contributed by atoms with van der Waals surface area (Å²) in [7, 11) is 0. The fourth-order valence-corrected chi connectivity index (χ4v) is 3.64. The second-order valence-electron chi connectivity index (χ2n) is 5.94. The Hall–Kier alpha value is -2.66. The van der Waals surface area contributed by atoms with E-state index < -0.39 is 0 Å². The average Bonchev–Trinajstić information content (AvgIpc) is 3.15. The maximum atomic E-state index is 12.3. The number of fused-ring (bicyclic) bond motifs is 1. The van der Waals surface area contributed by atoms with E-state index in [0.717, 1.165) is 27.6 Å². The van der Waals surface area contributed by atoms with Gasteiger partial charge in [0.2, 0.25) is 0 Å². The van der Waals surface area contributed by atoms with E-state index in [1.165, 1.54) is 0 Å². The minimum atomic E-state index is -0.262. The number of carbonyl (C=O) groups excluding carboxylic acids is 1. The number of carbonyl (C=O) groups is 1. The average molecular weight is 351 g/mol. The summed E-state index contributed by atoms with van der Waals surface area (Å²) in [6.45, 7) is 0.558. The smallest absolute Gasteiger partial charge is 0.313 e. The van der Waals surface area contributed by atoms with Gasteiger partial charge in [-0.1, -0.05) is 48.5 Å². The normalized spacial score (nSPS) is 15.9. The van der Waals surface area contributed by atoms with Crippen LogP contribution < -0.4 is 4.74 Å². The SMILES string of the molecule is O=C(OCc1csc(-c2ccccc2)n1)C1COc2ccccc2C1. The molecule has 0 aliphatic carbocycles. The first-order chi connectivity index (χ1) is 12.3. The van der Waals surface area contributed by atoms with Gasteiger partial charge in [0, 0.05) is 10.9 Å². The van der Waals surface area contributed by atoms with Crippen molar-refractivity contribution in [1.82, 2.24) is 4.98 Å². The van der Waals surface area contributed by atoms with Gasteiger partial charge in [0.25, 0.3) is 0 Å². The second kappa shape index (κ2) is 7.07. The summed E-state index contributed by atoms with van der Waals surface area (Å²) >= 11 is 1.55. The van der Waals surface area contributed by atoms with Crippen LogP contribution in [0.25, 0.3) is 10.6 Å². The molecule has 0 amide bonds. The Bertz CT molecular complexity index is 875. The van der Waals surface area contributed by atoms with Crippen molar-refractivity contribution in [1.29, 1.82) is 0 Å². The highest BCUT2D eigenvalue weighted by atomic mass is 32.1. The Labute approximate surface area is 150 Å². The zero-order chi connectivity index (χ0) is 17.1. The van der Waals surface area contributed by atoms with E-state index in [2.05, 4.69) is 4.98 Å². The van der Waals surface area contributed by atoms with Gasteiger partial charge in [-0.15, -0.1) is 11.3 Å². The Morgan fingerprint density at radius 2 is 1.96 bits per heavy atom. The van der Waals surface area contributed by atoms with Crippen LogP contribution in [0.4, 0.5) is 0 Å². The van der Waals surface area contributed by atoms with Crippen LogP contribution in [0.3, 0.4) is 0 Å². The number of esters is 1. The molecule has 0 saturated heterocycles. The van der Waals surface area contributed by atoms with Crippen molar-refractivity contribution < 1.29 is 14.3 Å². The number of ether oxygens (including phenoxy) is 2. The van der Waals surface area contributed by atoms with E-state index in [9.17, 15) is 4.79 Å². The first-order valence-electron chi connectivity index (χ1n) is 8.17. The molecule has 3 aromatic rings. The standard InChI is InChI=1S/C20H17NO3S/c22-20(16-10-15-8-4-5-9-18(15)23-11-16)24-12-17-13-25-19(21-17)14-6-2-1-3-7-14/h1-9,13,16H,10-12H2. The molecule has 0 saturated carbocycles. The first-order valence-corrected chi connectivity index (χ1v) is 9.05. The molecule has 0 N–H and O–H groups in total. The molecule has 1 aliphatic heterocycles. The fourth-order valence-electron chi connectivity index (χ4n) is 2.83. The summed E-state index contributed by atoms with van der Waals surface area (Å²) in [5.74, 6) is 0.365. The van der Waals surface area contributed by atoms with Gasteiger partial charge in [-0.3, -0.25) is 4.79 Å². The molecule has 0 spiro atoms. The molecule has 2 aromatic carbocycles. The van der Waals surface area contributed by atoms with Gasteiger partial charge in [-0.25, -0.2) is 4.98 Å². The summed E-state index contributed by atoms with van der Waals surface area (Å²) in [6, 6.07) is 17.8. The highest BCUT2D eigenvalue weighted by Crippen LogP contribution is 2.28. The predicted octanol–water partition coefficient (Wildman–Crippen LogP) is 4.10. The maximum Gasteiger partial charge on any atom is 0.313 e. The van der Waals surface area contributed by atoms with E-state index in [1.807, 2.05) is 60.0 Å². The third-order valence-corrected chi connectivity index (χ3v) is 5.09. The molecule has 0 bridgehead atoms. The van der Waals surface area contributed by atoms with Gasteiger partial charge in [0.05, 0.1) is 11.6 Å². The summed E-state index contributed by atoms with van der Waals surface area (Å²) in [5, 5.41) is 2.86. The van der Waals surface area contributed by atoms with Gasteiger partial charge >= 0.3 is 5.97 Å². The van der Waals surface area contributed by atoms with Crippen molar-refractivity contribution in [3.63, 3.8) is 0 Å². The lowest BCUT2D eigenvalue weighted by molar-refractivity contribution is -0.151. The highest BCUT2D eigenvalue weighted by Gasteiger charge is 2.27. The van der Waals surface area contributed by atoms with Crippen LogP contribution in [0.15, 0.2) is 60.0 Å². The number of hydrogen-bond donors (Lipinski definition) is 0. The van der Waals surface area contributed by atoms with Crippen LogP contribution in [0, 0.1) is 5.92 Å². The van der Waals surface area contributed by atoms with Crippen molar-refractivity contribution in [3.05, 3.63) is 71.2 Å². The number of thiazole rings is 1. The number of nitrogens with zero attached hydrogens (tertiary/aromatic N) is 1. The van der Waals surface area contributed by atoms with Gasteiger partial charge in [0.1, 0.15) is 24.0 Å². The largest absolute Gasteiger partial charge is 0.492 e. The van der Waals surface area contributed by atoms with Crippen molar-refractivity contribution in [2.45, 2.75) is 13.0 Å². The minimum absolute atomic E-state index is 0.195. The molecular formula is C20H17NO3S. The summed E-state index contributed by atoms with van der Waals surface area (Å²) in [5.41, 5.74) is 2.90. The third kappa shape index (κ3) is 3.56. The Balaban J connectivity index is 1.36. The number of hydrogen-bond acceptors (Lipinski definition) is 5. The minimum Gasteiger partial charge on any atom is -0.492 e. The zero-order valence-electron chi connectivity index (χ0n) is 13.6. The lowest BCUT2D eigenvalue weighted by Crippen LogP contribution is -2.29. The number of para-hydroxylation sites is 1. The molecule has 1 atom stereocenters. The van der Waals surface area contributed by atoms with Crippen LogP contribution in [-0.4, -0.2) is 17.6 Å². The number of rotatable bonds is 4. The maximum absolute atomic E-state index is 12.3. The molecule has 1 unspecified atom stereocenters. The van der Waals surface area contributed by atoms with E-state index in [1.54, 1.807) is 11.3 Å². The molecule has 126 valence electrons.